The molecular weight excluding hydrogens is 396 g/mol. The monoisotopic (exact) mass is 418 g/mol. The van der Waals surface area contributed by atoms with E-state index < -0.39 is 36.3 Å². The summed E-state index contributed by atoms with van der Waals surface area (Å²) in [6, 6.07) is 8.87. The maximum atomic E-state index is 12.5. The van der Waals surface area contributed by atoms with Crippen LogP contribution in [0.4, 0.5) is 0 Å². The van der Waals surface area contributed by atoms with Crippen LogP contribution in [0.15, 0.2) is 41.8 Å². The van der Waals surface area contributed by atoms with Crippen LogP contribution in [0, 0.1) is 5.92 Å². The van der Waals surface area contributed by atoms with Crippen molar-refractivity contribution in [3.8, 4) is 5.75 Å². The molecule has 0 saturated carbocycles. The first kappa shape index (κ1) is 22.1. The predicted molar refractivity (Wildman–Crippen MR) is 107 cm³/mol. The highest BCUT2D eigenvalue weighted by molar-refractivity contribution is 7.12. The highest BCUT2D eigenvalue weighted by Gasteiger charge is 2.28. The molecule has 3 amide bonds. The smallest absolute Gasteiger partial charge is 0.329 e. The van der Waals surface area contributed by atoms with Crippen molar-refractivity contribution in [1.82, 2.24) is 10.6 Å². The van der Waals surface area contributed by atoms with Gasteiger partial charge in [0.05, 0.1) is 17.6 Å². The van der Waals surface area contributed by atoms with Crippen LogP contribution in [0.2, 0.25) is 0 Å². The number of amides is 3. The Balaban J connectivity index is 1.94. The highest BCUT2D eigenvalue weighted by atomic mass is 32.1. The molecule has 2 rings (SSSR count). The molecule has 1 atom stereocenters. The number of nitrogens with one attached hydrogen (secondary N) is 2. The summed E-state index contributed by atoms with van der Waals surface area (Å²) < 4.78 is 10.1. The molecule has 0 fully saturated rings. The minimum absolute atomic E-state index is 0.271. The second-order valence-electron chi connectivity index (χ2n) is 6.36. The van der Waals surface area contributed by atoms with Gasteiger partial charge in [0.25, 0.3) is 17.7 Å². The van der Waals surface area contributed by atoms with Crippen LogP contribution in [0.1, 0.15) is 33.9 Å². The topological polar surface area (TPSA) is 111 Å². The molecule has 8 nitrogen and oxygen atoms in total. The van der Waals surface area contributed by atoms with E-state index in [-0.39, 0.29) is 11.5 Å². The Morgan fingerprint density at radius 3 is 2.38 bits per heavy atom. The van der Waals surface area contributed by atoms with Crippen LogP contribution in [-0.2, 0) is 14.3 Å². The zero-order valence-electron chi connectivity index (χ0n) is 16.3. The lowest BCUT2D eigenvalue weighted by Crippen LogP contribution is -2.46. The van der Waals surface area contributed by atoms with Gasteiger partial charge in [0.2, 0.25) is 0 Å². The molecule has 154 valence electrons. The minimum Gasteiger partial charge on any atom is -0.496 e. The summed E-state index contributed by atoms with van der Waals surface area (Å²) in [5, 5.41) is 6.45. The van der Waals surface area contributed by atoms with Crippen LogP contribution in [0.5, 0.6) is 5.75 Å². The molecule has 1 aromatic carbocycles. The normalized spacial score (nSPS) is 11.4. The third-order valence-electron chi connectivity index (χ3n) is 3.90. The number of esters is 1. The van der Waals surface area contributed by atoms with Crippen molar-refractivity contribution in [2.24, 2.45) is 5.92 Å². The first-order valence-electron chi connectivity index (χ1n) is 8.81. The summed E-state index contributed by atoms with van der Waals surface area (Å²) in [6.45, 7) is 2.83. The van der Waals surface area contributed by atoms with E-state index in [4.69, 9.17) is 9.47 Å². The standard InChI is InChI=1S/C20H22N2O6S/c1-12(2)17(22-18(24)13-7-4-5-8-14(13)27-3)20(26)28-11-16(23)21-19(25)15-9-6-10-29-15/h4-10,12,17H,11H2,1-3H3,(H,22,24)(H,21,23,25)/t17-/m0/s1. The van der Waals surface area contributed by atoms with Gasteiger partial charge in [-0.2, -0.15) is 0 Å². The molecule has 0 unspecified atom stereocenters. The predicted octanol–water partition coefficient (Wildman–Crippen LogP) is 2.01. The maximum absolute atomic E-state index is 12.5. The summed E-state index contributed by atoms with van der Waals surface area (Å²) in [5.74, 6) is -2.53. The van der Waals surface area contributed by atoms with Crippen molar-refractivity contribution in [1.29, 1.82) is 0 Å². The van der Waals surface area contributed by atoms with Gasteiger partial charge in [-0.25, -0.2) is 4.79 Å². The van der Waals surface area contributed by atoms with E-state index in [1.165, 1.54) is 18.4 Å². The van der Waals surface area contributed by atoms with Crippen molar-refractivity contribution in [3.05, 3.63) is 52.2 Å². The Hall–Kier alpha value is -3.20. The van der Waals surface area contributed by atoms with Gasteiger partial charge >= 0.3 is 5.97 Å². The second-order valence-corrected chi connectivity index (χ2v) is 7.31. The van der Waals surface area contributed by atoms with E-state index in [0.717, 1.165) is 0 Å². The molecule has 9 heteroatoms. The first-order valence-corrected chi connectivity index (χ1v) is 9.69. The van der Waals surface area contributed by atoms with Gasteiger partial charge in [-0.1, -0.05) is 32.0 Å². The van der Waals surface area contributed by atoms with Gasteiger partial charge in [-0.3, -0.25) is 19.7 Å². The molecule has 29 heavy (non-hydrogen) atoms. The number of imide groups is 1. The number of carbonyl (C=O) groups excluding carboxylic acids is 4. The quantitative estimate of drug-likeness (QED) is 0.635. The Kier molecular flexibility index (Phi) is 7.90. The molecule has 2 N–H and O–H groups in total. The van der Waals surface area contributed by atoms with Crippen LogP contribution >= 0.6 is 11.3 Å². The fourth-order valence-corrected chi connectivity index (χ4v) is 3.03. The number of para-hydroxylation sites is 1. The summed E-state index contributed by atoms with van der Waals surface area (Å²) in [6.07, 6.45) is 0. The van der Waals surface area contributed by atoms with Gasteiger partial charge in [0.1, 0.15) is 11.8 Å². The van der Waals surface area contributed by atoms with E-state index in [0.29, 0.717) is 10.6 Å². The second kappa shape index (κ2) is 10.4. The lowest BCUT2D eigenvalue weighted by Gasteiger charge is -2.21. The maximum Gasteiger partial charge on any atom is 0.329 e. The Labute approximate surface area is 172 Å². The van der Waals surface area contributed by atoms with E-state index in [1.54, 1.807) is 55.6 Å². The minimum atomic E-state index is -0.979. The van der Waals surface area contributed by atoms with Crippen molar-refractivity contribution in [2.45, 2.75) is 19.9 Å². The van der Waals surface area contributed by atoms with Crippen LogP contribution < -0.4 is 15.4 Å². The molecule has 0 radical (unpaired) electrons. The van der Waals surface area contributed by atoms with Gasteiger partial charge in [-0.05, 0) is 29.5 Å². The van der Waals surface area contributed by atoms with Gasteiger partial charge in [0.15, 0.2) is 6.61 Å². The molecule has 1 heterocycles. The van der Waals surface area contributed by atoms with E-state index in [1.807, 2.05) is 0 Å². The van der Waals surface area contributed by atoms with Crippen molar-refractivity contribution < 1.29 is 28.7 Å². The highest BCUT2D eigenvalue weighted by Crippen LogP contribution is 2.18. The number of thiophene rings is 1. The molecule has 0 aliphatic carbocycles. The molecule has 2 aromatic rings. The molecule has 0 aliphatic heterocycles. The summed E-state index contributed by atoms with van der Waals surface area (Å²) in [5.41, 5.74) is 0.271. The van der Waals surface area contributed by atoms with Crippen LogP contribution in [-0.4, -0.2) is 43.4 Å². The number of carbonyl (C=O) groups is 4. The molecule has 0 saturated heterocycles. The zero-order chi connectivity index (χ0) is 21.4. The summed E-state index contributed by atoms with van der Waals surface area (Å²) in [7, 11) is 1.44. The van der Waals surface area contributed by atoms with E-state index >= 15 is 0 Å². The number of rotatable bonds is 8. The Bertz CT molecular complexity index is 879. The Morgan fingerprint density at radius 1 is 1.03 bits per heavy atom. The van der Waals surface area contributed by atoms with E-state index in [9.17, 15) is 19.2 Å². The number of hydrogen-bond acceptors (Lipinski definition) is 7. The van der Waals surface area contributed by atoms with Crippen LogP contribution in [0.3, 0.4) is 0 Å². The molecule has 0 bridgehead atoms. The van der Waals surface area contributed by atoms with Crippen molar-refractivity contribution in [2.75, 3.05) is 13.7 Å². The SMILES string of the molecule is COc1ccccc1C(=O)N[C@H](C(=O)OCC(=O)NC(=O)c1cccs1)C(C)C. The van der Waals surface area contributed by atoms with Gasteiger partial charge < -0.3 is 14.8 Å². The fraction of sp³-hybridized carbons (Fsp3) is 0.300. The van der Waals surface area contributed by atoms with Crippen LogP contribution in [0.25, 0.3) is 0 Å². The lowest BCUT2D eigenvalue weighted by atomic mass is 10.0. The average molecular weight is 418 g/mol. The largest absolute Gasteiger partial charge is 0.496 e. The summed E-state index contributed by atoms with van der Waals surface area (Å²) >= 11 is 1.18. The average Bonchev–Trinajstić information content (AvgIpc) is 3.24. The third kappa shape index (κ3) is 6.15. The number of ether oxygens (including phenoxy) is 2. The van der Waals surface area contributed by atoms with E-state index in [2.05, 4.69) is 10.6 Å². The number of methoxy groups -OCH3 is 1. The summed E-state index contributed by atoms with van der Waals surface area (Å²) in [4.78, 5) is 49.0. The molecule has 1 aromatic heterocycles. The van der Waals surface area contributed by atoms with Crippen molar-refractivity contribution >= 4 is 35.0 Å². The molecule has 0 spiro atoms. The fourth-order valence-electron chi connectivity index (χ4n) is 2.41. The lowest BCUT2D eigenvalue weighted by molar-refractivity contribution is -0.151. The first-order chi connectivity index (χ1) is 13.8. The zero-order valence-corrected chi connectivity index (χ0v) is 17.1. The molecular formula is C20H22N2O6S. The molecule has 0 aliphatic rings. The Morgan fingerprint density at radius 2 is 1.76 bits per heavy atom. The number of hydrogen-bond donors (Lipinski definition) is 2. The van der Waals surface area contributed by atoms with Gasteiger partial charge in [-0.15, -0.1) is 11.3 Å². The number of benzene rings is 1. The van der Waals surface area contributed by atoms with Crippen molar-refractivity contribution in [3.63, 3.8) is 0 Å². The third-order valence-corrected chi connectivity index (χ3v) is 4.77. The van der Waals surface area contributed by atoms with Gasteiger partial charge in [0, 0.05) is 0 Å².